The van der Waals surface area contributed by atoms with Gasteiger partial charge in [0.15, 0.2) is 5.82 Å². The molecule has 1 heterocycles. The normalized spacial score (nSPS) is 10.9. The van der Waals surface area contributed by atoms with Crippen molar-refractivity contribution in [2.75, 3.05) is 5.32 Å². The second-order valence-corrected chi connectivity index (χ2v) is 5.32. The smallest absolute Gasteiger partial charge is 0.152 e. The molecule has 0 aliphatic rings. The van der Waals surface area contributed by atoms with Crippen LogP contribution in [0.15, 0.2) is 36.4 Å². The molecular formula is C16H12ClF2N3. The van der Waals surface area contributed by atoms with Crippen LogP contribution in [-0.4, -0.2) is 9.97 Å². The maximum Gasteiger partial charge on any atom is 0.152 e. The van der Waals surface area contributed by atoms with Crippen LogP contribution in [0.5, 0.6) is 0 Å². The van der Waals surface area contributed by atoms with Gasteiger partial charge in [-0.2, -0.15) is 0 Å². The number of aromatic nitrogens is 2. The fourth-order valence-corrected chi connectivity index (χ4v) is 2.32. The van der Waals surface area contributed by atoms with Crippen molar-refractivity contribution in [3.05, 3.63) is 64.4 Å². The highest BCUT2D eigenvalue weighted by atomic mass is 35.5. The SMILES string of the molecule is Cc1nc(NCc2ccc(Cl)cc2)c2cc(F)cc(F)c2n1. The lowest BCUT2D eigenvalue weighted by Gasteiger charge is -2.10. The Balaban J connectivity index is 1.97. The first-order chi connectivity index (χ1) is 10.5. The van der Waals surface area contributed by atoms with Gasteiger partial charge in [-0.3, -0.25) is 0 Å². The third-order valence-corrected chi connectivity index (χ3v) is 3.46. The molecule has 0 atom stereocenters. The molecule has 0 unspecified atom stereocenters. The van der Waals surface area contributed by atoms with E-state index in [4.69, 9.17) is 11.6 Å². The second kappa shape index (κ2) is 5.85. The van der Waals surface area contributed by atoms with Crippen LogP contribution < -0.4 is 5.32 Å². The van der Waals surface area contributed by atoms with E-state index in [1.165, 1.54) is 6.07 Å². The molecule has 0 saturated heterocycles. The minimum atomic E-state index is -0.699. The van der Waals surface area contributed by atoms with Gasteiger partial charge in [0.25, 0.3) is 0 Å². The van der Waals surface area contributed by atoms with Gasteiger partial charge in [0.1, 0.15) is 23.0 Å². The van der Waals surface area contributed by atoms with E-state index in [0.717, 1.165) is 11.6 Å². The van der Waals surface area contributed by atoms with Crippen molar-refractivity contribution in [3.8, 4) is 0 Å². The Morgan fingerprint density at radius 3 is 2.55 bits per heavy atom. The van der Waals surface area contributed by atoms with E-state index in [9.17, 15) is 8.78 Å². The molecule has 3 rings (SSSR count). The van der Waals surface area contributed by atoms with Gasteiger partial charge in [0.2, 0.25) is 0 Å². The molecule has 0 aliphatic heterocycles. The van der Waals surface area contributed by atoms with Gasteiger partial charge in [0.05, 0.1) is 0 Å². The number of anilines is 1. The Kier molecular flexibility index (Phi) is 3.90. The average Bonchev–Trinajstić information content (AvgIpc) is 2.47. The molecule has 0 spiro atoms. The third-order valence-electron chi connectivity index (χ3n) is 3.20. The van der Waals surface area contributed by atoms with E-state index in [2.05, 4.69) is 15.3 Å². The lowest BCUT2D eigenvalue weighted by Crippen LogP contribution is -2.05. The van der Waals surface area contributed by atoms with Gasteiger partial charge in [0, 0.05) is 23.0 Å². The molecule has 112 valence electrons. The Bertz CT molecular complexity index is 835. The van der Waals surface area contributed by atoms with Crippen LogP contribution in [0.25, 0.3) is 10.9 Å². The first kappa shape index (κ1) is 14.7. The molecule has 1 N–H and O–H groups in total. The zero-order valence-corrected chi connectivity index (χ0v) is 12.5. The maximum absolute atomic E-state index is 13.8. The van der Waals surface area contributed by atoms with Gasteiger partial charge in [-0.1, -0.05) is 23.7 Å². The minimum absolute atomic E-state index is 0.104. The van der Waals surface area contributed by atoms with Crippen molar-refractivity contribution in [2.24, 2.45) is 0 Å². The van der Waals surface area contributed by atoms with Crippen LogP contribution in [0, 0.1) is 18.6 Å². The van der Waals surface area contributed by atoms with Gasteiger partial charge >= 0.3 is 0 Å². The fraction of sp³-hybridized carbons (Fsp3) is 0.125. The molecule has 2 aromatic carbocycles. The fourth-order valence-electron chi connectivity index (χ4n) is 2.19. The first-order valence-corrected chi connectivity index (χ1v) is 7.02. The number of hydrogen-bond acceptors (Lipinski definition) is 3. The lowest BCUT2D eigenvalue weighted by atomic mass is 10.2. The Morgan fingerprint density at radius 1 is 1.09 bits per heavy atom. The molecule has 0 amide bonds. The number of hydrogen-bond donors (Lipinski definition) is 1. The Labute approximate surface area is 131 Å². The van der Waals surface area contributed by atoms with Gasteiger partial charge in [-0.25, -0.2) is 18.7 Å². The summed E-state index contributed by atoms with van der Waals surface area (Å²) in [6.45, 7) is 2.12. The molecule has 3 aromatic rings. The van der Waals surface area contributed by atoms with Crippen LogP contribution in [0.2, 0.25) is 5.02 Å². The number of benzene rings is 2. The predicted octanol–water partition coefficient (Wildman–Crippen LogP) is 4.48. The number of fused-ring (bicyclic) bond motifs is 1. The van der Waals surface area contributed by atoms with Crippen molar-refractivity contribution in [2.45, 2.75) is 13.5 Å². The zero-order valence-electron chi connectivity index (χ0n) is 11.7. The number of rotatable bonds is 3. The van der Waals surface area contributed by atoms with Crippen LogP contribution >= 0.6 is 11.6 Å². The number of halogens is 3. The van der Waals surface area contributed by atoms with E-state index in [1.807, 2.05) is 12.1 Å². The highest BCUT2D eigenvalue weighted by Gasteiger charge is 2.11. The van der Waals surface area contributed by atoms with E-state index >= 15 is 0 Å². The molecule has 6 heteroatoms. The summed E-state index contributed by atoms with van der Waals surface area (Å²) in [5.41, 5.74) is 1.08. The average molecular weight is 320 g/mol. The van der Waals surface area contributed by atoms with Crippen molar-refractivity contribution < 1.29 is 8.78 Å². The lowest BCUT2D eigenvalue weighted by molar-refractivity contribution is 0.590. The van der Waals surface area contributed by atoms with Crippen LogP contribution in [0.4, 0.5) is 14.6 Å². The molecule has 0 radical (unpaired) electrons. The van der Waals surface area contributed by atoms with Crippen LogP contribution in [0.3, 0.4) is 0 Å². The van der Waals surface area contributed by atoms with Crippen molar-refractivity contribution >= 4 is 28.3 Å². The van der Waals surface area contributed by atoms with Crippen LogP contribution in [-0.2, 0) is 6.54 Å². The predicted molar refractivity (Wildman–Crippen MR) is 83.0 cm³/mol. The monoisotopic (exact) mass is 319 g/mol. The first-order valence-electron chi connectivity index (χ1n) is 6.64. The standard InChI is InChI=1S/C16H12ClF2N3/c1-9-21-15-13(6-12(18)7-14(15)19)16(22-9)20-8-10-2-4-11(17)5-3-10/h2-7H,8H2,1H3,(H,20,21,22). The van der Waals surface area contributed by atoms with Crippen LogP contribution in [0.1, 0.15) is 11.4 Å². The molecular weight excluding hydrogens is 308 g/mol. The Hall–Kier alpha value is -2.27. The van der Waals surface area contributed by atoms with E-state index in [0.29, 0.717) is 28.6 Å². The highest BCUT2D eigenvalue weighted by molar-refractivity contribution is 6.30. The second-order valence-electron chi connectivity index (χ2n) is 4.88. The van der Waals surface area contributed by atoms with Gasteiger partial charge in [-0.15, -0.1) is 0 Å². The number of nitrogens with one attached hydrogen (secondary N) is 1. The number of aryl methyl sites for hydroxylation is 1. The molecule has 3 nitrogen and oxygen atoms in total. The molecule has 0 fully saturated rings. The van der Waals surface area contributed by atoms with Gasteiger partial charge < -0.3 is 5.32 Å². The van der Waals surface area contributed by atoms with Crippen molar-refractivity contribution in [1.82, 2.24) is 9.97 Å². The van der Waals surface area contributed by atoms with E-state index < -0.39 is 11.6 Å². The molecule has 1 aromatic heterocycles. The van der Waals surface area contributed by atoms with E-state index in [1.54, 1.807) is 19.1 Å². The summed E-state index contributed by atoms with van der Waals surface area (Å²) in [6, 6.07) is 9.34. The van der Waals surface area contributed by atoms with Crippen molar-refractivity contribution in [3.63, 3.8) is 0 Å². The maximum atomic E-state index is 13.8. The zero-order chi connectivity index (χ0) is 15.7. The molecule has 22 heavy (non-hydrogen) atoms. The summed E-state index contributed by atoms with van der Waals surface area (Å²) >= 11 is 5.84. The quantitative estimate of drug-likeness (QED) is 0.773. The van der Waals surface area contributed by atoms with E-state index in [-0.39, 0.29) is 5.52 Å². The highest BCUT2D eigenvalue weighted by Crippen LogP contribution is 2.24. The summed E-state index contributed by atoms with van der Waals surface area (Å²) in [6.07, 6.45) is 0. The molecule has 0 aliphatic carbocycles. The third kappa shape index (κ3) is 2.99. The topological polar surface area (TPSA) is 37.8 Å². The summed E-state index contributed by atoms with van der Waals surface area (Å²) < 4.78 is 27.3. The van der Waals surface area contributed by atoms with Crippen molar-refractivity contribution in [1.29, 1.82) is 0 Å². The van der Waals surface area contributed by atoms with Gasteiger partial charge in [-0.05, 0) is 30.7 Å². The molecule has 0 bridgehead atoms. The molecule has 0 saturated carbocycles. The summed E-state index contributed by atoms with van der Waals surface area (Å²) in [7, 11) is 0. The minimum Gasteiger partial charge on any atom is -0.365 e. The summed E-state index contributed by atoms with van der Waals surface area (Å²) in [5.74, 6) is -0.547. The number of nitrogens with zero attached hydrogens (tertiary/aromatic N) is 2. The Morgan fingerprint density at radius 2 is 1.82 bits per heavy atom. The summed E-state index contributed by atoms with van der Waals surface area (Å²) in [4.78, 5) is 8.27. The summed E-state index contributed by atoms with van der Waals surface area (Å²) in [5, 5.41) is 4.06. The largest absolute Gasteiger partial charge is 0.365 e.